The molecule has 2 aromatic rings. The van der Waals surface area contributed by atoms with Gasteiger partial charge in [-0.15, -0.1) is 11.8 Å². The molecule has 0 saturated carbocycles. The van der Waals surface area contributed by atoms with Crippen molar-refractivity contribution in [2.24, 2.45) is 11.8 Å². The number of aliphatic hydroxyl groups excluding tert-OH is 1. The average Bonchev–Trinajstić information content (AvgIpc) is 1.65. The molecule has 0 spiro atoms. The number of aromatic nitrogens is 1. The van der Waals surface area contributed by atoms with Crippen LogP contribution in [0.25, 0.3) is 10.9 Å². The number of anilines is 1. The zero-order valence-corrected chi connectivity index (χ0v) is 51.9. The number of hydrogen-bond acceptors (Lipinski definition) is 19. The van der Waals surface area contributed by atoms with E-state index in [4.69, 9.17) is 4.74 Å². The number of nitrogens with one attached hydrogen (secondary N) is 12. The number of ketones is 1. The molecule has 1 fully saturated rings. The molecule has 2 bridgehead atoms. The van der Waals surface area contributed by atoms with Gasteiger partial charge in [-0.3, -0.25) is 86.8 Å². The van der Waals surface area contributed by atoms with Gasteiger partial charge >= 0.3 is 5.97 Å². The van der Waals surface area contributed by atoms with Crippen molar-refractivity contribution in [2.45, 2.75) is 114 Å². The van der Waals surface area contributed by atoms with Crippen molar-refractivity contribution in [2.75, 3.05) is 77.1 Å². The van der Waals surface area contributed by atoms with Gasteiger partial charge in [-0.25, -0.2) is 15.3 Å². The number of imide groups is 2. The molecular formula is C56H76N15O17PS. The number of Topliss-reactive ketones (excluding diaryl/α,β-unsaturated/α-hetero) is 1. The average molecular weight is 1290 g/mol. The van der Waals surface area contributed by atoms with Crippen LogP contribution in [-0.2, 0) is 82.8 Å². The normalized spacial score (nSPS) is 24.4. The summed E-state index contributed by atoms with van der Waals surface area (Å²) >= 11 is 0.937. The molecule has 0 radical (unpaired) electrons. The molecule has 12 amide bonds. The number of benzene rings is 1. The van der Waals surface area contributed by atoms with Crippen molar-refractivity contribution in [3.8, 4) is 0 Å². The Labute approximate surface area is 521 Å². The number of rotatable bonds is 19. The Hall–Kier alpha value is -8.20. The highest BCUT2D eigenvalue weighted by molar-refractivity contribution is 7.99. The number of esters is 1. The number of H-pyrrole nitrogens is 1. The van der Waals surface area contributed by atoms with Gasteiger partial charge in [0.2, 0.25) is 47.3 Å². The Morgan fingerprint density at radius 2 is 1.33 bits per heavy atom. The maximum absolute atomic E-state index is 14.8. The van der Waals surface area contributed by atoms with Gasteiger partial charge in [0.25, 0.3) is 31.2 Å². The smallest absolute Gasteiger partial charge is 0.308 e. The number of fused-ring (bicyclic) bond motifs is 5. The first kappa shape index (κ1) is 69.3. The van der Waals surface area contributed by atoms with E-state index < -0.39 is 171 Å². The predicted octanol–water partition coefficient (Wildman–Crippen LogP) is -3.80. The second kappa shape index (κ2) is 31.5. The third kappa shape index (κ3) is 18.0. The number of hydrogen-bond donors (Lipinski definition) is 13. The molecular weight excluding hydrogens is 1220 g/mol. The van der Waals surface area contributed by atoms with E-state index in [9.17, 15) is 76.8 Å². The summed E-state index contributed by atoms with van der Waals surface area (Å²) in [7, 11) is -2.86. The van der Waals surface area contributed by atoms with E-state index in [-0.39, 0.29) is 79.9 Å². The van der Waals surface area contributed by atoms with E-state index in [2.05, 4.69) is 62.8 Å². The number of nitrogens with zero attached hydrogens (tertiary/aromatic N) is 3. The van der Waals surface area contributed by atoms with Gasteiger partial charge in [-0.1, -0.05) is 40.5 Å². The number of ether oxygens (including phenoxy) is 1. The van der Waals surface area contributed by atoms with Crippen LogP contribution in [0.4, 0.5) is 5.69 Å². The molecule has 32 nitrogen and oxygen atoms in total. The molecule has 34 heteroatoms. The summed E-state index contributed by atoms with van der Waals surface area (Å²) in [5.41, 5.74) is 0.849. The van der Waals surface area contributed by atoms with Crippen LogP contribution >= 0.6 is 19.4 Å². The first-order chi connectivity index (χ1) is 42.8. The molecule has 1 saturated heterocycles. The molecule has 13 N–H and O–H groups in total. The SMILES string of the molecule is CC[C@H](C)[C@@H]1NCC(=O)CNC(=O)[C@@H]2Cc3c([nH]c4ccc(NC(=O)CCNP(=O)(NCCN5C(=O)C=CC5=O)NCCN5C(=O)C=CC5=O)cc34)SC[C@H](NC(=O)CNC1=O)C(=O)N[C@@H](CC(=O)OC)C(=O)N1C[C@@H](O)C[C@H]1C(=O)N[C@@H]([C@@H](C)CC)C(=O)N2. The van der Waals surface area contributed by atoms with Gasteiger partial charge in [0.1, 0.15) is 30.2 Å². The molecule has 90 heavy (non-hydrogen) atoms. The molecule has 1 aromatic heterocycles. The van der Waals surface area contributed by atoms with E-state index in [0.717, 1.165) is 57.9 Å². The van der Waals surface area contributed by atoms with Crippen LogP contribution in [0.3, 0.4) is 0 Å². The Bertz CT molecular complexity index is 3200. The number of aliphatic hydroxyl groups is 1. The molecule has 488 valence electrons. The highest BCUT2D eigenvalue weighted by Gasteiger charge is 2.45. The summed E-state index contributed by atoms with van der Waals surface area (Å²) in [6, 6.07) is -4.14. The minimum Gasteiger partial charge on any atom is -0.469 e. The van der Waals surface area contributed by atoms with Crippen LogP contribution in [0.2, 0.25) is 0 Å². The number of thioether (sulfide) groups is 1. The van der Waals surface area contributed by atoms with Crippen molar-refractivity contribution in [1.29, 1.82) is 0 Å². The maximum atomic E-state index is 14.8. The Morgan fingerprint density at radius 3 is 1.96 bits per heavy atom. The lowest BCUT2D eigenvalue weighted by Gasteiger charge is -2.31. The largest absolute Gasteiger partial charge is 0.469 e. The van der Waals surface area contributed by atoms with E-state index >= 15 is 0 Å². The van der Waals surface area contributed by atoms with Crippen molar-refractivity contribution in [1.82, 2.24) is 72.2 Å². The topological polar surface area (TPSA) is 443 Å². The summed E-state index contributed by atoms with van der Waals surface area (Å²) < 4.78 is 19.1. The molecule has 7 rings (SSSR count). The van der Waals surface area contributed by atoms with Gasteiger partial charge in [0.15, 0.2) is 5.78 Å². The molecule has 9 atom stereocenters. The first-order valence-corrected chi connectivity index (χ1v) is 32.1. The Balaban J connectivity index is 1.24. The van der Waals surface area contributed by atoms with Crippen molar-refractivity contribution >= 4 is 119 Å². The van der Waals surface area contributed by atoms with E-state index in [1.54, 1.807) is 39.8 Å². The fourth-order valence-electron chi connectivity index (χ4n) is 10.4. The summed E-state index contributed by atoms with van der Waals surface area (Å²) in [5.74, 6) is -12.1. The zero-order valence-electron chi connectivity index (χ0n) is 50.2. The van der Waals surface area contributed by atoms with E-state index in [0.29, 0.717) is 23.7 Å². The van der Waals surface area contributed by atoms with Crippen molar-refractivity contribution in [3.05, 3.63) is 48.1 Å². The lowest BCUT2D eigenvalue weighted by atomic mass is 9.96. The second-order valence-electron chi connectivity index (χ2n) is 22.2. The molecule has 0 unspecified atom stereocenters. The number of carbonyl (C=O) groups excluding carboxylic acids is 14. The van der Waals surface area contributed by atoms with Crippen molar-refractivity contribution < 1.29 is 81.5 Å². The third-order valence-electron chi connectivity index (χ3n) is 15.8. The first-order valence-electron chi connectivity index (χ1n) is 29.4. The minimum atomic E-state index is -3.91. The zero-order chi connectivity index (χ0) is 65.6. The molecule has 1 aromatic carbocycles. The van der Waals surface area contributed by atoms with E-state index in [1.165, 1.54) is 6.07 Å². The van der Waals surface area contributed by atoms with E-state index in [1.807, 2.05) is 0 Å². The molecule has 5 aliphatic rings. The Morgan fingerprint density at radius 1 is 0.722 bits per heavy atom. The van der Waals surface area contributed by atoms with Gasteiger partial charge < -0.3 is 56.9 Å². The standard InChI is InChI=1S/C56H76N15O17PS/c1-6-29(3)48-53(84)59-26-42(75)64-39-28-90-55-35(34-20-31(8-9-36(34)67-55)63-41(74)14-15-60-89(87,61-16-18-69-43(76)10-11-44(69)77)62-17-19-70-45(78)12-13-46(70)79)22-37(50(81)58-25-33(73)24-57-48)65-54(85)49(30(4)7-2)68-52(83)40-21-32(72)27-71(40)56(86)38(66-51(39)82)23-47(80)88-5/h8-13,20,29-30,32,37-40,48-49,57,67,72H,6-7,14-19,21-28H2,1-5H3,(H,58,81)(H,59,84)(H,63,74)(H,64,75)(H,65,85)(H,66,82)(H,68,83)(H3,60,61,62,87)/t29-,30-,32-,37-,38-,39-,40-,48-,49-/m0/s1. The van der Waals surface area contributed by atoms with Gasteiger partial charge in [-0.2, -0.15) is 0 Å². The monoisotopic (exact) mass is 1290 g/mol. The number of aromatic amines is 1. The van der Waals surface area contributed by atoms with Crippen LogP contribution in [0.1, 0.15) is 65.4 Å². The highest BCUT2D eigenvalue weighted by Crippen LogP contribution is 2.34. The summed E-state index contributed by atoms with van der Waals surface area (Å²) in [6.07, 6.45) is 2.02. The fourth-order valence-corrected chi connectivity index (χ4v) is 13.1. The van der Waals surface area contributed by atoms with Crippen LogP contribution in [0.5, 0.6) is 0 Å². The molecule has 0 aliphatic carbocycles. The fraction of sp³-hybridized carbons (Fsp3) is 0.536. The molecule has 6 heterocycles. The maximum Gasteiger partial charge on any atom is 0.308 e. The second-order valence-corrected chi connectivity index (χ2v) is 25.4. The number of carbonyl (C=O) groups is 14. The van der Waals surface area contributed by atoms with Crippen LogP contribution in [0.15, 0.2) is 47.5 Å². The van der Waals surface area contributed by atoms with Crippen LogP contribution in [0, 0.1) is 11.8 Å². The highest BCUT2D eigenvalue weighted by atomic mass is 32.2. The summed E-state index contributed by atoms with van der Waals surface area (Å²) in [6.45, 7) is 3.85. The third-order valence-corrected chi connectivity index (χ3v) is 19.0. The lowest BCUT2D eigenvalue weighted by Crippen LogP contribution is -2.60. The Kier molecular flexibility index (Phi) is 24.2. The van der Waals surface area contributed by atoms with Gasteiger partial charge in [0, 0.05) is 105 Å². The lowest BCUT2D eigenvalue weighted by molar-refractivity contribution is -0.148. The van der Waals surface area contributed by atoms with Crippen molar-refractivity contribution in [3.63, 3.8) is 0 Å². The number of methoxy groups -OCH3 is 1. The van der Waals surface area contributed by atoms with Gasteiger partial charge in [-0.05, 0) is 35.6 Å². The summed E-state index contributed by atoms with van der Waals surface area (Å²) in [4.78, 5) is 196. The predicted molar refractivity (Wildman–Crippen MR) is 322 cm³/mol. The van der Waals surface area contributed by atoms with Gasteiger partial charge in [0.05, 0.1) is 50.3 Å². The van der Waals surface area contributed by atoms with Crippen LogP contribution in [-0.4, -0.2) is 222 Å². The van der Waals surface area contributed by atoms with Crippen LogP contribution < -0.4 is 57.8 Å². The number of amides is 12. The quantitative estimate of drug-likeness (QED) is 0.0364. The summed E-state index contributed by atoms with van der Waals surface area (Å²) in [5, 5.41) is 41.2. The molecule has 5 aliphatic heterocycles. The minimum absolute atomic E-state index is 0.174.